The van der Waals surface area contributed by atoms with E-state index >= 15 is 0 Å². The maximum atomic E-state index is 14.3. The minimum atomic E-state index is -0.753. The van der Waals surface area contributed by atoms with Gasteiger partial charge in [0.15, 0.2) is 11.6 Å². The molecule has 0 aliphatic heterocycles. The van der Waals surface area contributed by atoms with Crippen molar-refractivity contribution in [3.63, 3.8) is 0 Å². The van der Waals surface area contributed by atoms with Crippen LogP contribution in [0.3, 0.4) is 0 Å². The predicted molar refractivity (Wildman–Crippen MR) is 219 cm³/mol. The number of thiocarbonyl (C=S) groups is 1. The Morgan fingerprint density at radius 2 is 1.21 bits per heavy atom. The summed E-state index contributed by atoms with van der Waals surface area (Å²) in [5.74, 6) is -1.33. The molecule has 7 heteroatoms. The molecular weight excluding hydrogens is 677 g/mol. The van der Waals surface area contributed by atoms with E-state index in [0.717, 1.165) is 34.4 Å². The summed E-state index contributed by atoms with van der Waals surface area (Å²) in [7, 11) is 0. The van der Waals surface area contributed by atoms with E-state index in [2.05, 4.69) is 54.0 Å². The molecule has 0 saturated heterocycles. The van der Waals surface area contributed by atoms with Crippen LogP contribution in [0.25, 0.3) is 0 Å². The van der Waals surface area contributed by atoms with Crippen LogP contribution in [-0.4, -0.2) is 40.3 Å². The van der Waals surface area contributed by atoms with E-state index in [0.29, 0.717) is 44.9 Å². The first-order chi connectivity index (χ1) is 25.2. The molecule has 0 aromatic heterocycles. The Hall–Kier alpha value is -3.97. The van der Waals surface area contributed by atoms with Gasteiger partial charge in [-0.05, 0) is 91.7 Å². The zero-order chi connectivity index (χ0) is 38.5. The third-order valence-electron chi connectivity index (χ3n) is 10.5. The van der Waals surface area contributed by atoms with Crippen molar-refractivity contribution >= 4 is 40.5 Å². The second-order valence-electron chi connectivity index (χ2n) is 16.5. The Morgan fingerprint density at radius 3 is 1.77 bits per heavy atom. The minimum absolute atomic E-state index is 0.0429. The fourth-order valence-corrected chi connectivity index (χ4v) is 7.38. The first kappa shape index (κ1) is 41.8. The molecule has 2 N–H and O–H groups in total. The molecule has 0 bridgehead atoms. The van der Waals surface area contributed by atoms with Gasteiger partial charge in [0, 0.05) is 30.1 Å². The zero-order valence-electron chi connectivity index (χ0n) is 32.7. The van der Waals surface area contributed by atoms with Gasteiger partial charge in [-0.25, -0.2) is 0 Å². The van der Waals surface area contributed by atoms with Crippen molar-refractivity contribution in [3.05, 3.63) is 107 Å². The average molecular weight is 737 g/mol. The van der Waals surface area contributed by atoms with Crippen LogP contribution in [0.5, 0.6) is 0 Å². The Bertz CT molecular complexity index is 1660. The van der Waals surface area contributed by atoms with Crippen molar-refractivity contribution in [1.29, 1.82) is 0 Å². The molecule has 0 heterocycles. The van der Waals surface area contributed by atoms with Gasteiger partial charge in [-0.2, -0.15) is 0 Å². The lowest BCUT2D eigenvalue weighted by Gasteiger charge is -2.27. The number of hydrogen-bond donors (Lipinski definition) is 2. The van der Waals surface area contributed by atoms with Crippen molar-refractivity contribution in [3.8, 4) is 0 Å². The van der Waals surface area contributed by atoms with Crippen LogP contribution in [0.4, 0.5) is 0 Å². The van der Waals surface area contributed by atoms with Gasteiger partial charge in [0.25, 0.3) is 0 Å². The number of hydrogen-bond acceptors (Lipinski definition) is 5. The molecule has 0 radical (unpaired) electrons. The smallest absolute Gasteiger partial charge is 0.224 e. The number of Topliss-reactive ketones (excluding diaryl/α,β-unsaturated/α-hetero) is 2. The number of carbonyl (C=O) groups excluding carboxylic acids is 4. The molecule has 3 aromatic carbocycles. The Labute approximate surface area is 323 Å². The number of amides is 2. The quantitative estimate of drug-likeness (QED) is 0.101. The van der Waals surface area contributed by atoms with Crippen molar-refractivity contribution in [2.45, 2.75) is 118 Å². The lowest BCUT2D eigenvalue weighted by molar-refractivity contribution is -0.135. The Kier molecular flexibility index (Phi) is 15.7. The van der Waals surface area contributed by atoms with Crippen molar-refractivity contribution in [2.24, 2.45) is 29.1 Å². The van der Waals surface area contributed by atoms with Gasteiger partial charge >= 0.3 is 0 Å². The standard InChI is InChI=1S/C46H60N2O4S/c1-31(2)25-40(47-44(51)37(22-21-34-13-9-7-10-14-34)29-39(53)28-36-19-17-33(5)18-20-36)42(49)30-38(27-35-15-11-8-12-16-35)45(52)48-41(26-32(3)4)43(50)46(6)23-24-46/h7-20,31-32,37-38,40-41H,21-30H2,1-6H3,(H,47,51)(H,48,52)/t37-,38?,40+,41?/m1/s1. The summed E-state index contributed by atoms with van der Waals surface area (Å²) in [4.78, 5) is 56.9. The van der Waals surface area contributed by atoms with E-state index in [1.54, 1.807) is 0 Å². The number of aryl methyl sites for hydroxylation is 2. The van der Waals surface area contributed by atoms with E-state index in [4.69, 9.17) is 12.2 Å². The summed E-state index contributed by atoms with van der Waals surface area (Å²) >= 11 is 5.87. The summed E-state index contributed by atoms with van der Waals surface area (Å²) in [6.45, 7) is 12.2. The maximum Gasteiger partial charge on any atom is 0.224 e. The zero-order valence-corrected chi connectivity index (χ0v) is 33.5. The molecule has 284 valence electrons. The van der Waals surface area contributed by atoms with Gasteiger partial charge in [0.1, 0.15) is 0 Å². The highest BCUT2D eigenvalue weighted by Crippen LogP contribution is 2.47. The van der Waals surface area contributed by atoms with Gasteiger partial charge < -0.3 is 10.6 Å². The molecule has 1 aliphatic rings. The minimum Gasteiger partial charge on any atom is -0.346 e. The Morgan fingerprint density at radius 1 is 0.679 bits per heavy atom. The van der Waals surface area contributed by atoms with E-state index in [1.165, 1.54) is 5.56 Å². The highest BCUT2D eigenvalue weighted by Gasteiger charge is 2.48. The second-order valence-corrected chi connectivity index (χ2v) is 17.1. The van der Waals surface area contributed by atoms with Gasteiger partial charge in [0.2, 0.25) is 11.8 Å². The molecule has 2 unspecified atom stereocenters. The lowest BCUT2D eigenvalue weighted by atomic mass is 9.87. The topological polar surface area (TPSA) is 92.3 Å². The van der Waals surface area contributed by atoms with E-state index in [9.17, 15) is 19.2 Å². The number of rotatable bonds is 22. The number of benzene rings is 3. The third kappa shape index (κ3) is 13.7. The van der Waals surface area contributed by atoms with Crippen LogP contribution >= 0.6 is 12.2 Å². The number of nitrogens with one attached hydrogen (secondary N) is 2. The summed E-state index contributed by atoms with van der Waals surface area (Å²) in [5, 5.41) is 6.24. The van der Waals surface area contributed by atoms with Gasteiger partial charge in [0.05, 0.1) is 12.1 Å². The Balaban J connectivity index is 1.53. The summed E-state index contributed by atoms with van der Waals surface area (Å²) in [5.41, 5.74) is 3.99. The fourth-order valence-electron chi connectivity index (χ4n) is 7.01. The van der Waals surface area contributed by atoms with Crippen molar-refractivity contribution < 1.29 is 19.2 Å². The van der Waals surface area contributed by atoms with Crippen LogP contribution < -0.4 is 10.6 Å². The first-order valence-corrected chi connectivity index (χ1v) is 20.0. The molecule has 4 rings (SSSR count). The third-order valence-corrected chi connectivity index (χ3v) is 10.8. The van der Waals surface area contributed by atoms with Crippen molar-refractivity contribution in [2.75, 3.05) is 0 Å². The highest BCUT2D eigenvalue weighted by molar-refractivity contribution is 7.80. The van der Waals surface area contributed by atoms with Crippen molar-refractivity contribution in [1.82, 2.24) is 10.6 Å². The van der Waals surface area contributed by atoms with Gasteiger partial charge in [-0.1, -0.05) is 137 Å². The fraction of sp³-hybridized carbons (Fsp3) is 0.500. The largest absolute Gasteiger partial charge is 0.346 e. The normalized spacial score (nSPS) is 15.6. The van der Waals surface area contributed by atoms with Crippen LogP contribution in [0.1, 0.15) is 102 Å². The van der Waals surface area contributed by atoms with E-state index < -0.39 is 23.9 Å². The molecular formula is C46H60N2O4S. The summed E-state index contributed by atoms with van der Waals surface area (Å²) in [6, 6.07) is 26.7. The molecule has 1 saturated carbocycles. The molecule has 4 atom stereocenters. The summed E-state index contributed by atoms with van der Waals surface area (Å²) < 4.78 is 0. The van der Waals surface area contributed by atoms with Crippen LogP contribution in [0.2, 0.25) is 0 Å². The maximum absolute atomic E-state index is 14.3. The lowest BCUT2D eigenvalue weighted by Crippen LogP contribution is -2.49. The summed E-state index contributed by atoms with van der Waals surface area (Å²) in [6.07, 6.45) is 5.34. The number of ketones is 2. The van der Waals surface area contributed by atoms with Gasteiger partial charge in [-0.3, -0.25) is 19.2 Å². The van der Waals surface area contributed by atoms with Gasteiger partial charge in [-0.15, -0.1) is 0 Å². The molecule has 1 aliphatic carbocycles. The van der Waals surface area contributed by atoms with Crippen LogP contribution in [0.15, 0.2) is 84.9 Å². The first-order valence-electron chi connectivity index (χ1n) is 19.5. The SMILES string of the molecule is Cc1ccc(CC(=S)C[C@@H](CCc2ccccc2)C(=O)N[C@@H](CC(C)C)C(=O)CC(Cc2ccccc2)C(=O)NC(CC(C)C)C(=O)C2(C)CC2)cc1. The highest BCUT2D eigenvalue weighted by atomic mass is 32.1. The van der Waals surface area contributed by atoms with E-state index in [-0.39, 0.29) is 47.1 Å². The van der Waals surface area contributed by atoms with E-state index in [1.807, 2.05) is 83.1 Å². The molecule has 0 spiro atoms. The number of carbonyl (C=O) groups is 4. The van der Waals surface area contributed by atoms with Crippen LogP contribution in [-0.2, 0) is 38.4 Å². The molecule has 1 fully saturated rings. The average Bonchev–Trinajstić information content (AvgIpc) is 3.88. The predicted octanol–water partition coefficient (Wildman–Crippen LogP) is 8.80. The molecule has 3 aromatic rings. The molecule has 53 heavy (non-hydrogen) atoms. The molecule has 6 nitrogen and oxygen atoms in total. The van der Waals surface area contributed by atoms with Crippen LogP contribution in [0, 0.1) is 36.0 Å². The second kappa shape index (κ2) is 19.9. The molecule has 2 amide bonds. The monoisotopic (exact) mass is 736 g/mol.